The maximum Gasteiger partial charge on any atom is 0.123 e. The van der Waals surface area contributed by atoms with Crippen LogP contribution in [0.2, 0.25) is 0 Å². The van der Waals surface area contributed by atoms with E-state index in [1.165, 1.54) is 0 Å². The molecule has 0 radical (unpaired) electrons. The minimum absolute atomic E-state index is 0.451. The van der Waals surface area contributed by atoms with E-state index in [0.29, 0.717) is 6.04 Å². The number of nitrogens with zero attached hydrogens (tertiary/aromatic N) is 1. The topological polar surface area (TPSA) is 34.1 Å². The molecule has 0 saturated carbocycles. The van der Waals surface area contributed by atoms with E-state index < -0.39 is 0 Å². The average Bonchev–Trinajstić information content (AvgIpc) is 2.45. The largest absolute Gasteiger partial charge is 0.496 e. The van der Waals surface area contributed by atoms with Gasteiger partial charge in [0.15, 0.2) is 0 Å². The summed E-state index contributed by atoms with van der Waals surface area (Å²) in [7, 11) is 1.71. The fourth-order valence-corrected chi connectivity index (χ4v) is 1.94. The Kier molecular flexibility index (Phi) is 4.53. The predicted molar refractivity (Wildman–Crippen MR) is 78.2 cm³/mol. The summed E-state index contributed by atoms with van der Waals surface area (Å²) in [5.74, 6) is 0.917. The molecule has 19 heavy (non-hydrogen) atoms. The number of hydrogen-bond acceptors (Lipinski definition) is 3. The molecule has 2 rings (SSSR count). The smallest absolute Gasteiger partial charge is 0.123 e. The second-order valence-electron chi connectivity index (χ2n) is 4.80. The molecule has 0 aliphatic heterocycles. The number of pyridine rings is 1. The Morgan fingerprint density at radius 3 is 2.68 bits per heavy atom. The summed E-state index contributed by atoms with van der Waals surface area (Å²) in [6.07, 6.45) is 3.66. The molecular weight excluding hydrogens is 236 g/mol. The first kappa shape index (κ1) is 13.6. The van der Waals surface area contributed by atoms with E-state index in [0.717, 1.165) is 29.0 Å². The Morgan fingerprint density at radius 1 is 1.21 bits per heavy atom. The Morgan fingerprint density at radius 2 is 2.05 bits per heavy atom. The number of methoxy groups -OCH3 is 1. The zero-order valence-corrected chi connectivity index (χ0v) is 11.7. The van der Waals surface area contributed by atoms with E-state index in [9.17, 15) is 0 Å². The Balaban J connectivity index is 2.30. The number of hydrogen-bond donors (Lipinski definition) is 1. The molecular formula is C16H20N2O. The van der Waals surface area contributed by atoms with E-state index in [4.69, 9.17) is 4.74 Å². The summed E-state index contributed by atoms with van der Waals surface area (Å²) in [6, 6.07) is 10.7. The van der Waals surface area contributed by atoms with Crippen LogP contribution in [-0.2, 0) is 6.54 Å². The Labute approximate surface area is 114 Å². The molecule has 1 heterocycles. The third-order valence-electron chi connectivity index (χ3n) is 2.98. The molecule has 0 atom stereocenters. The highest BCUT2D eigenvalue weighted by Crippen LogP contribution is 2.26. The van der Waals surface area contributed by atoms with Crippen LogP contribution in [0.1, 0.15) is 19.4 Å². The second kappa shape index (κ2) is 6.34. The van der Waals surface area contributed by atoms with E-state index in [2.05, 4.69) is 42.3 Å². The third-order valence-corrected chi connectivity index (χ3v) is 2.98. The molecule has 1 aromatic carbocycles. The minimum atomic E-state index is 0.451. The van der Waals surface area contributed by atoms with Crippen LogP contribution in [0, 0.1) is 0 Å². The monoisotopic (exact) mass is 256 g/mol. The van der Waals surface area contributed by atoms with Gasteiger partial charge in [0.25, 0.3) is 0 Å². The van der Waals surface area contributed by atoms with Crippen LogP contribution >= 0.6 is 0 Å². The average molecular weight is 256 g/mol. The van der Waals surface area contributed by atoms with Crippen molar-refractivity contribution in [1.82, 2.24) is 10.3 Å². The molecule has 0 fully saturated rings. The van der Waals surface area contributed by atoms with Crippen LogP contribution in [0.4, 0.5) is 0 Å². The quantitative estimate of drug-likeness (QED) is 0.891. The van der Waals surface area contributed by atoms with Crippen LogP contribution in [0.25, 0.3) is 11.1 Å². The van der Waals surface area contributed by atoms with Gasteiger partial charge in [0.2, 0.25) is 0 Å². The van der Waals surface area contributed by atoms with Gasteiger partial charge in [0, 0.05) is 36.1 Å². The zero-order valence-electron chi connectivity index (χ0n) is 11.7. The summed E-state index contributed by atoms with van der Waals surface area (Å²) >= 11 is 0. The molecule has 0 unspecified atom stereocenters. The normalized spacial score (nSPS) is 10.7. The van der Waals surface area contributed by atoms with Gasteiger partial charge in [-0.15, -0.1) is 0 Å². The standard InChI is InChI=1S/C16H20N2O/c1-12(2)18-11-15-9-13(6-7-16(15)19-3)14-5-4-8-17-10-14/h4-10,12,18H,11H2,1-3H3. The third kappa shape index (κ3) is 3.55. The number of benzene rings is 1. The van der Waals surface area contributed by atoms with Crippen molar-refractivity contribution in [2.24, 2.45) is 0 Å². The summed E-state index contributed by atoms with van der Waals surface area (Å²) < 4.78 is 5.41. The van der Waals surface area contributed by atoms with Crippen LogP contribution in [-0.4, -0.2) is 18.1 Å². The van der Waals surface area contributed by atoms with Crippen molar-refractivity contribution in [3.05, 3.63) is 48.3 Å². The Hall–Kier alpha value is -1.87. The Bertz CT molecular complexity index is 524. The van der Waals surface area contributed by atoms with Gasteiger partial charge in [0.1, 0.15) is 5.75 Å². The van der Waals surface area contributed by atoms with Gasteiger partial charge in [-0.25, -0.2) is 0 Å². The highest BCUT2D eigenvalue weighted by molar-refractivity contribution is 5.64. The molecule has 1 aromatic heterocycles. The minimum Gasteiger partial charge on any atom is -0.496 e. The number of aromatic nitrogens is 1. The van der Waals surface area contributed by atoms with E-state index in [-0.39, 0.29) is 0 Å². The predicted octanol–water partition coefficient (Wildman–Crippen LogP) is 3.26. The van der Waals surface area contributed by atoms with Crippen LogP contribution in [0.5, 0.6) is 5.75 Å². The highest BCUT2D eigenvalue weighted by Gasteiger charge is 2.06. The molecule has 2 aromatic rings. The van der Waals surface area contributed by atoms with Gasteiger partial charge in [0.05, 0.1) is 7.11 Å². The molecule has 0 bridgehead atoms. The number of ether oxygens (including phenoxy) is 1. The van der Waals surface area contributed by atoms with Crippen LogP contribution < -0.4 is 10.1 Å². The first-order valence-electron chi connectivity index (χ1n) is 6.51. The fourth-order valence-electron chi connectivity index (χ4n) is 1.94. The lowest BCUT2D eigenvalue weighted by atomic mass is 10.0. The first-order valence-corrected chi connectivity index (χ1v) is 6.51. The molecule has 0 spiro atoms. The lowest BCUT2D eigenvalue weighted by molar-refractivity contribution is 0.406. The van der Waals surface area contributed by atoms with Gasteiger partial charge >= 0.3 is 0 Å². The van der Waals surface area contributed by atoms with Crippen molar-refractivity contribution >= 4 is 0 Å². The summed E-state index contributed by atoms with van der Waals surface area (Å²) in [5.41, 5.74) is 3.45. The molecule has 3 nitrogen and oxygen atoms in total. The molecule has 3 heteroatoms. The first-order chi connectivity index (χ1) is 9.20. The summed E-state index contributed by atoms with van der Waals surface area (Å²) in [5, 5.41) is 3.42. The van der Waals surface area contributed by atoms with E-state index in [1.54, 1.807) is 13.3 Å². The van der Waals surface area contributed by atoms with Gasteiger partial charge in [-0.05, 0) is 23.8 Å². The maximum absolute atomic E-state index is 5.41. The molecule has 1 N–H and O–H groups in total. The van der Waals surface area contributed by atoms with Crippen molar-refractivity contribution in [1.29, 1.82) is 0 Å². The van der Waals surface area contributed by atoms with Crippen molar-refractivity contribution in [3.63, 3.8) is 0 Å². The van der Waals surface area contributed by atoms with Crippen molar-refractivity contribution in [3.8, 4) is 16.9 Å². The summed E-state index contributed by atoms with van der Waals surface area (Å²) in [4.78, 5) is 4.16. The molecule has 0 aliphatic carbocycles. The number of nitrogens with one attached hydrogen (secondary N) is 1. The molecule has 0 aliphatic rings. The maximum atomic E-state index is 5.41. The molecule has 0 saturated heterocycles. The van der Waals surface area contributed by atoms with Crippen molar-refractivity contribution < 1.29 is 4.74 Å². The van der Waals surface area contributed by atoms with Gasteiger partial charge in [-0.2, -0.15) is 0 Å². The van der Waals surface area contributed by atoms with Crippen molar-refractivity contribution in [2.75, 3.05) is 7.11 Å². The van der Waals surface area contributed by atoms with Crippen LogP contribution in [0.15, 0.2) is 42.7 Å². The van der Waals surface area contributed by atoms with Gasteiger partial charge in [-0.1, -0.05) is 26.0 Å². The van der Waals surface area contributed by atoms with Crippen LogP contribution in [0.3, 0.4) is 0 Å². The second-order valence-corrected chi connectivity index (χ2v) is 4.80. The summed E-state index contributed by atoms with van der Waals surface area (Å²) in [6.45, 7) is 5.07. The van der Waals surface area contributed by atoms with E-state index in [1.807, 2.05) is 18.3 Å². The van der Waals surface area contributed by atoms with E-state index >= 15 is 0 Å². The van der Waals surface area contributed by atoms with Crippen molar-refractivity contribution in [2.45, 2.75) is 26.4 Å². The van der Waals surface area contributed by atoms with Gasteiger partial charge in [-0.3, -0.25) is 4.98 Å². The molecule has 0 amide bonds. The fraction of sp³-hybridized carbons (Fsp3) is 0.312. The number of rotatable bonds is 5. The lowest BCUT2D eigenvalue weighted by Gasteiger charge is -2.13. The molecule has 100 valence electrons. The highest BCUT2D eigenvalue weighted by atomic mass is 16.5. The van der Waals surface area contributed by atoms with Gasteiger partial charge < -0.3 is 10.1 Å². The lowest BCUT2D eigenvalue weighted by Crippen LogP contribution is -2.22. The zero-order chi connectivity index (χ0) is 13.7. The SMILES string of the molecule is COc1ccc(-c2cccnc2)cc1CNC(C)C.